The zero-order valence-corrected chi connectivity index (χ0v) is 16.0. The highest BCUT2D eigenvalue weighted by Gasteiger charge is 2.23. The van der Waals surface area contributed by atoms with Crippen LogP contribution >= 0.6 is 0 Å². The lowest BCUT2D eigenvalue weighted by Gasteiger charge is -2.11. The van der Waals surface area contributed by atoms with Gasteiger partial charge < -0.3 is 4.74 Å². The number of aromatic nitrogens is 3. The average Bonchev–Trinajstić information content (AvgIpc) is 3.01. The molecule has 2 heterocycles. The summed E-state index contributed by atoms with van der Waals surface area (Å²) >= 11 is 0. The molecule has 3 aromatic rings. The molecule has 0 aliphatic carbocycles. The predicted octanol–water partition coefficient (Wildman–Crippen LogP) is 4.82. The second-order valence-corrected chi connectivity index (χ2v) is 6.96. The molecule has 0 unspecified atom stereocenters. The van der Waals surface area contributed by atoms with Gasteiger partial charge in [-0.2, -0.15) is 5.10 Å². The number of hydrogen-bond donors (Lipinski definition) is 0. The van der Waals surface area contributed by atoms with Gasteiger partial charge in [-0.05, 0) is 30.4 Å². The average molecular weight is 351 g/mol. The first-order valence-electron chi connectivity index (χ1n) is 9.10. The van der Waals surface area contributed by atoms with Crippen molar-refractivity contribution in [2.45, 2.75) is 46.5 Å². The highest BCUT2D eigenvalue weighted by molar-refractivity contribution is 5.90. The number of ether oxygens (including phenoxy) is 1. The molecular weight excluding hydrogens is 326 g/mol. The van der Waals surface area contributed by atoms with Gasteiger partial charge >= 0.3 is 5.97 Å². The van der Waals surface area contributed by atoms with Crippen LogP contribution in [0.5, 0.6) is 0 Å². The van der Waals surface area contributed by atoms with Gasteiger partial charge in [-0.3, -0.25) is 0 Å². The van der Waals surface area contributed by atoms with E-state index in [2.05, 4.69) is 44.8 Å². The van der Waals surface area contributed by atoms with Crippen LogP contribution in [0.1, 0.15) is 68.3 Å². The molecule has 0 N–H and O–H groups in total. The van der Waals surface area contributed by atoms with Crippen molar-refractivity contribution in [3.05, 3.63) is 53.5 Å². The van der Waals surface area contributed by atoms with Crippen LogP contribution in [0.3, 0.4) is 0 Å². The van der Waals surface area contributed by atoms with Crippen molar-refractivity contribution in [1.29, 1.82) is 0 Å². The fourth-order valence-electron chi connectivity index (χ4n) is 3.06. The number of nitrogens with zero attached hydrogens (tertiary/aromatic N) is 3. The fraction of sp³-hybridized carbons (Fsp3) is 0.381. The molecule has 0 amide bonds. The first kappa shape index (κ1) is 18.1. The van der Waals surface area contributed by atoms with Crippen molar-refractivity contribution in [2.75, 3.05) is 6.61 Å². The Kier molecular flexibility index (Phi) is 5.07. The van der Waals surface area contributed by atoms with Crippen LogP contribution in [0.2, 0.25) is 0 Å². The lowest BCUT2D eigenvalue weighted by atomic mass is 9.99. The van der Waals surface area contributed by atoms with Gasteiger partial charge in [0.1, 0.15) is 0 Å². The molecule has 0 aliphatic heterocycles. The summed E-state index contributed by atoms with van der Waals surface area (Å²) in [5.41, 5.74) is 4.99. The molecule has 5 nitrogen and oxygen atoms in total. The van der Waals surface area contributed by atoms with Crippen LogP contribution in [-0.4, -0.2) is 27.2 Å². The number of carbonyl (C=O) groups excluding carboxylic acids is 1. The SMILES string of the molecule is CCOC(=O)c1cc(C(C)C)n2nc(C(C)C)c(-c3ccccc3)c2n1. The van der Waals surface area contributed by atoms with E-state index < -0.39 is 5.97 Å². The van der Waals surface area contributed by atoms with Crippen LogP contribution < -0.4 is 0 Å². The number of esters is 1. The van der Waals surface area contributed by atoms with E-state index in [4.69, 9.17) is 9.84 Å². The van der Waals surface area contributed by atoms with Gasteiger partial charge in [0.25, 0.3) is 0 Å². The van der Waals surface area contributed by atoms with Crippen LogP contribution in [0.4, 0.5) is 0 Å². The minimum Gasteiger partial charge on any atom is -0.461 e. The molecule has 0 radical (unpaired) electrons. The van der Waals surface area contributed by atoms with E-state index in [0.29, 0.717) is 17.9 Å². The molecule has 1 aromatic carbocycles. The normalized spacial score (nSPS) is 11.5. The Morgan fingerprint density at radius 1 is 1.12 bits per heavy atom. The van der Waals surface area contributed by atoms with Gasteiger partial charge in [-0.25, -0.2) is 14.3 Å². The van der Waals surface area contributed by atoms with Crippen molar-refractivity contribution in [3.8, 4) is 11.1 Å². The Hall–Kier alpha value is -2.69. The van der Waals surface area contributed by atoms with E-state index in [0.717, 1.165) is 22.5 Å². The summed E-state index contributed by atoms with van der Waals surface area (Å²) in [6.07, 6.45) is 0. The van der Waals surface area contributed by atoms with Gasteiger partial charge in [0.15, 0.2) is 11.3 Å². The molecule has 0 saturated carbocycles. The maximum Gasteiger partial charge on any atom is 0.357 e. The molecule has 0 fully saturated rings. The fourth-order valence-corrected chi connectivity index (χ4v) is 3.06. The predicted molar refractivity (Wildman–Crippen MR) is 103 cm³/mol. The summed E-state index contributed by atoms with van der Waals surface area (Å²) in [6, 6.07) is 11.9. The standard InChI is InChI=1S/C21H25N3O2/c1-6-26-21(25)16-12-17(13(2)3)24-20(22-16)18(19(23-24)14(4)5)15-10-8-7-9-11-15/h7-14H,6H2,1-5H3. The van der Waals surface area contributed by atoms with Crippen LogP contribution in [0.15, 0.2) is 36.4 Å². The third-order valence-corrected chi connectivity index (χ3v) is 4.33. The molecule has 0 atom stereocenters. The maximum atomic E-state index is 12.3. The molecular formula is C21H25N3O2. The number of benzene rings is 1. The lowest BCUT2D eigenvalue weighted by Crippen LogP contribution is -2.12. The molecule has 3 rings (SSSR count). The number of hydrogen-bond acceptors (Lipinski definition) is 4. The summed E-state index contributed by atoms with van der Waals surface area (Å²) in [7, 11) is 0. The van der Waals surface area contributed by atoms with Gasteiger partial charge in [0.05, 0.1) is 17.9 Å². The van der Waals surface area contributed by atoms with E-state index in [9.17, 15) is 4.79 Å². The Bertz CT molecular complexity index is 927. The topological polar surface area (TPSA) is 56.5 Å². The van der Waals surface area contributed by atoms with Gasteiger partial charge in [-0.1, -0.05) is 58.0 Å². The zero-order valence-electron chi connectivity index (χ0n) is 16.0. The van der Waals surface area contributed by atoms with Gasteiger partial charge in [0.2, 0.25) is 0 Å². The molecule has 5 heteroatoms. The monoisotopic (exact) mass is 351 g/mol. The van der Waals surface area contributed by atoms with Crippen LogP contribution in [-0.2, 0) is 4.74 Å². The molecule has 0 spiro atoms. The maximum absolute atomic E-state index is 12.3. The number of fused-ring (bicyclic) bond motifs is 1. The third kappa shape index (κ3) is 3.21. The summed E-state index contributed by atoms with van der Waals surface area (Å²) < 4.78 is 7.06. The molecule has 136 valence electrons. The minimum atomic E-state index is -0.400. The largest absolute Gasteiger partial charge is 0.461 e. The zero-order chi connectivity index (χ0) is 18.8. The quantitative estimate of drug-likeness (QED) is 0.618. The molecule has 0 aliphatic rings. The molecule has 0 bridgehead atoms. The van der Waals surface area contributed by atoms with Crippen LogP contribution in [0, 0.1) is 0 Å². The van der Waals surface area contributed by atoms with Crippen LogP contribution in [0.25, 0.3) is 16.8 Å². The van der Waals surface area contributed by atoms with E-state index in [1.165, 1.54) is 0 Å². The first-order valence-corrected chi connectivity index (χ1v) is 9.10. The van der Waals surface area contributed by atoms with E-state index in [1.807, 2.05) is 22.7 Å². The second-order valence-electron chi connectivity index (χ2n) is 6.96. The van der Waals surface area contributed by atoms with Crippen molar-refractivity contribution in [3.63, 3.8) is 0 Å². The Morgan fingerprint density at radius 3 is 2.38 bits per heavy atom. The number of rotatable bonds is 5. The van der Waals surface area contributed by atoms with Crippen molar-refractivity contribution >= 4 is 11.6 Å². The second kappa shape index (κ2) is 7.28. The third-order valence-electron chi connectivity index (χ3n) is 4.33. The smallest absolute Gasteiger partial charge is 0.357 e. The summed E-state index contributed by atoms with van der Waals surface area (Å²) in [6.45, 7) is 10.5. The van der Waals surface area contributed by atoms with Gasteiger partial charge in [-0.15, -0.1) is 0 Å². The summed E-state index contributed by atoms with van der Waals surface area (Å²) in [5, 5.41) is 4.86. The van der Waals surface area contributed by atoms with Gasteiger partial charge in [0, 0.05) is 5.69 Å². The molecule has 0 saturated heterocycles. The van der Waals surface area contributed by atoms with Crippen molar-refractivity contribution in [2.24, 2.45) is 0 Å². The Labute approximate surface area is 154 Å². The highest BCUT2D eigenvalue weighted by Crippen LogP contribution is 2.33. The molecule has 26 heavy (non-hydrogen) atoms. The van der Waals surface area contributed by atoms with E-state index in [-0.39, 0.29) is 11.8 Å². The van der Waals surface area contributed by atoms with Crippen molar-refractivity contribution < 1.29 is 9.53 Å². The summed E-state index contributed by atoms with van der Waals surface area (Å²) in [4.78, 5) is 17.0. The van der Waals surface area contributed by atoms with E-state index in [1.54, 1.807) is 13.0 Å². The summed E-state index contributed by atoms with van der Waals surface area (Å²) in [5.74, 6) is 0.0263. The first-order chi connectivity index (χ1) is 12.4. The van der Waals surface area contributed by atoms with Crippen molar-refractivity contribution in [1.82, 2.24) is 14.6 Å². The lowest BCUT2D eigenvalue weighted by molar-refractivity contribution is 0.0519. The highest BCUT2D eigenvalue weighted by atomic mass is 16.5. The Morgan fingerprint density at radius 2 is 1.81 bits per heavy atom. The Balaban J connectivity index is 2.37. The number of carbonyl (C=O) groups is 1. The minimum absolute atomic E-state index is 0.192. The molecule has 2 aromatic heterocycles. The van der Waals surface area contributed by atoms with E-state index >= 15 is 0 Å².